The lowest BCUT2D eigenvalue weighted by Crippen LogP contribution is -2.01. The second-order valence-electron chi connectivity index (χ2n) is 3.52. The Morgan fingerprint density at radius 3 is 2.59 bits per heavy atom. The molecule has 5 heteroatoms. The molecular formula is C12H12ClN3O. The van der Waals surface area contributed by atoms with Crippen molar-refractivity contribution >= 4 is 17.5 Å². The number of benzene rings is 1. The van der Waals surface area contributed by atoms with Crippen LogP contribution in [0.3, 0.4) is 0 Å². The third kappa shape index (κ3) is 3.69. The number of aromatic nitrogens is 2. The highest BCUT2D eigenvalue weighted by Gasteiger charge is 2.01. The van der Waals surface area contributed by atoms with Crippen molar-refractivity contribution in [2.45, 2.75) is 13.2 Å². The van der Waals surface area contributed by atoms with E-state index in [1.165, 1.54) is 0 Å². The van der Waals surface area contributed by atoms with Crippen LogP contribution in [0.4, 0.5) is 5.95 Å². The zero-order valence-electron chi connectivity index (χ0n) is 9.14. The van der Waals surface area contributed by atoms with E-state index in [4.69, 9.17) is 22.1 Å². The van der Waals surface area contributed by atoms with Gasteiger partial charge in [0, 0.05) is 0 Å². The minimum Gasteiger partial charge on any atom is -0.370 e. The van der Waals surface area contributed by atoms with Crippen molar-refractivity contribution in [2.24, 2.45) is 0 Å². The number of nitrogens with two attached hydrogens (primary N) is 1. The van der Waals surface area contributed by atoms with Gasteiger partial charge in [-0.15, -0.1) is 0 Å². The van der Waals surface area contributed by atoms with Gasteiger partial charge >= 0.3 is 0 Å². The highest BCUT2D eigenvalue weighted by Crippen LogP contribution is 2.10. The largest absolute Gasteiger partial charge is 0.370 e. The molecule has 0 spiro atoms. The van der Waals surface area contributed by atoms with Gasteiger partial charge < -0.3 is 10.5 Å². The molecule has 1 aromatic heterocycles. The van der Waals surface area contributed by atoms with Crippen molar-refractivity contribution in [3.05, 3.63) is 52.8 Å². The highest BCUT2D eigenvalue weighted by molar-refractivity contribution is 6.29. The minimum absolute atomic E-state index is 0.163. The van der Waals surface area contributed by atoms with Crippen molar-refractivity contribution in [1.29, 1.82) is 0 Å². The Morgan fingerprint density at radius 2 is 1.88 bits per heavy atom. The fourth-order valence-corrected chi connectivity index (χ4v) is 1.62. The van der Waals surface area contributed by atoms with Crippen molar-refractivity contribution in [1.82, 2.24) is 9.97 Å². The van der Waals surface area contributed by atoms with E-state index in [1.807, 2.05) is 30.3 Å². The molecule has 0 amide bonds. The average Bonchev–Trinajstić information content (AvgIpc) is 2.29. The van der Waals surface area contributed by atoms with Crippen molar-refractivity contribution < 1.29 is 4.74 Å². The maximum atomic E-state index is 5.76. The van der Waals surface area contributed by atoms with Crippen LogP contribution in [0.15, 0.2) is 36.4 Å². The molecule has 0 unspecified atom stereocenters. The molecular weight excluding hydrogens is 238 g/mol. The van der Waals surface area contributed by atoms with Crippen molar-refractivity contribution in [2.75, 3.05) is 5.73 Å². The number of ether oxygens (including phenoxy) is 1. The average molecular weight is 250 g/mol. The third-order valence-electron chi connectivity index (χ3n) is 2.13. The van der Waals surface area contributed by atoms with Gasteiger partial charge in [0.1, 0.15) is 5.15 Å². The smallest absolute Gasteiger partial charge is 0.221 e. The maximum Gasteiger partial charge on any atom is 0.221 e. The number of halogens is 1. The summed E-state index contributed by atoms with van der Waals surface area (Å²) in [4.78, 5) is 7.80. The summed E-state index contributed by atoms with van der Waals surface area (Å²) >= 11 is 5.76. The van der Waals surface area contributed by atoms with Crippen LogP contribution >= 0.6 is 11.6 Å². The van der Waals surface area contributed by atoms with E-state index in [-0.39, 0.29) is 5.95 Å². The lowest BCUT2D eigenvalue weighted by atomic mass is 10.2. The summed E-state index contributed by atoms with van der Waals surface area (Å²) in [5, 5.41) is 0.329. The monoisotopic (exact) mass is 249 g/mol. The molecule has 0 aliphatic carbocycles. The molecule has 88 valence electrons. The number of hydrogen-bond acceptors (Lipinski definition) is 4. The standard InChI is InChI=1S/C12H12ClN3O/c13-11-6-10(15-12(14)16-11)8-17-7-9-4-2-1-3-5-9/h1-6H,7-8H2,(H2,14,15,16). The van der Waals surface area contributed by atoms with Gasteiger partial charge in [0.05, 0.1) is 18.9 Å². The molecule has 2 aromatic rings. The normalized spacial score (nSPS) is 10.4. The Bertz CT molecular complexity index is 470. The van der Waals surface area contributed by atoms with Crippen molar-refractivity contribution in [3.63, 3.8) is 0 Å². The first kappa shape index (κ1) is 11.8. The lowest BCUT2D eigenvalue weighted by molar-refractivity contribution is 0.104. The van der Waals surface area contributed by atoms with Crippen LogP contribution in [-0.4, -0.2) is 9.97 Å². The summed E-state index contributed by atoms with van der Waals surface area (Å²) in [5.41, 5.74) is 7.27. The maximum absolute atomic E-state index is 5.76. The molecule has 17 heavy (non-hydrogen) atoms. The third-order valence-corrected chi connectivity index (χ3v) is 2.32. The number of rotatable bonds is 4. The van der Waals surface area contributed by atoms with Crippen molar-refractivity contribution in [3.8, 4) is 0 Å². The summed E-state index contributed by atoms with van der Waals surface area (Å²) in [5.74, 6) is 0.163. The molecule has 4 nitrogen and oxygen atoms in total. The molecule has 1 aromatic carbocycles. The Balaban J connectivity index is 1.90. The molecule has 0 saturated heterocycles. The van der Waals surface area contributed by atoms with Gasteiger partial charge in [-0.25, -0.2) is 9.97 Å². The van der Waals surface area contributed by atoms with Crippen LogP contribution in [-0.2, 0) is 18.0 Å². The quantitative estimate of drug-likeness (QED) is 0.846. The highest BCUT2D eigenvalue weighted by atomic mass is 35.5. The SMILES string of the molecule is Nc1nc(Cl)cc(COCc2ccccc2)n1. The summed E-state index contributed by atoms with van der Waals surface area (Å²) in [7, 11) is 0. The van der Waals surface area contributed by atoms with Gasteiger partial charge in [0.25, 0.3) is 0 Å². The van der Waals surface area contributed by atoms with E-state index in [2.05, 4.69) is 9.97 Å². The van der Waals surface area contributed by atoms with E-state index in [0.717, 1.165) is 5.56 Å². The second-order valence-corrected chi connectivity index (χ2v) is 3.91. The first-order valence-electron chi connectivity index (χ1n) is 5.14. The Morgan fingerprint density at radius 1 is 1.12 bits per heavy atom. The summed E-state index contributed by atoms with van der Waals surface area (Å²) in [6.45, 7) is 0.893. The van der Waals surface area contributed by atoms with E-state index < -0.39 is 0 Å². The van der Waals surface area contributed by atoms with Crippen LogP contribution in [0.2, 0.25) is 5.15 Å². The van der Waals surface area contributed by atoms with E-state index in [1.54, 1.807) is 6.07 Å². The summed E-state index contributed by atoms with van der Waals surface area (Å²) in [6.07, 6.45) is 0. The zero-order chi connectivity index (χ0) is 12.1. The Labute approximate surface area is 104 Å². The first-order chi connectivity index (χ1) is 8.24. The molecule has 0 aliphatic heterocycles. The van der Waals surface area contributed by atoms with E-state index >= 15 is 0 Å². The molecule has 2 N–H and O–H groups in total. The summed E-state index contributed by atoms with van der Waals surface area (Å²) < 4.78 is 5.51. The Hall–Kier alpha value is -1.65. The predicted octanol–water partition coefficient (Wildman–Crippen LogP) is 2.43. The number of anilines is 1. The van der Waals surface area contributed by atoms with Gasteiger partial charge in [-0.2, -0.15) is 0 Å². The minimum atomic E-state index is 0.163. The van der Waals surface area contributed by atoms with Gasteiger partial charge in [-0.3, -0.25) is 0 Å². The molecule has 2 rings (SSSR count). The number of nitrogen functional groups attached to an aromatic ring is 1. The van der Waals surface area contributed by atoms with Gasteiger partial charge in [-0.1, -0.05) is 41.9 Å². The molecule has 0 aliphatic rings. The Kier molecular flexibility index (Phi) is 3.90. The zero-order valence-corrected chi connectivity index (χ0v) is 9.89. The van der Waals surface area contributed by atoms with E-state index in [0.29, 0.717) is 24.1 Å². The summed E-state index contributed by atoms with van der Waals surface area (Å²) in [6, 6.07) is 11.6. The van der Waals surface area contributed by atoms with Crippen LogP contribution in [0.1, 0.15) is 11.3 Å². The van der Waals surface area contributed by atoms with Gasteiger partial charge in [0.2, 0.25) is 5.95 Å². The second kappa shape index (κ2) is 5.61. The molecule has 0 fully saturated rings. The topological polar surface area (TPSA) is 61.0 Å². The fraction of sp³-hybridized carbons (Fsp3) is 0.167. The molecule has 0 atom stereocenters. The fourth-order valence-electron chi connectivity index (χ4n) is 1.41. The predicted molar refractivity (Wildman–Crippen MR) is 66.4 cm³/mol. The number of hydrogen-bond donors (Lipinski definition) is 1. The molecule has 1 heterocycles. The molecule has 0 bridgehead atoms. The van der Waals surface area contributed by atoms with Gasteiger partial charge in [-0.05, 0) is 11.6 Å². The van der Waals surface area contributed by atoms with Gasteiger partial charge in [0.15, 0.2) is 0 Å². The van der Waals surface area contributed by atoms with Crippen LogP contribution < -0.4 is 5.73 Å². The van der Waals surface area contributed by atoms with Crippen LogP contribution in [0.5, 0.6) is 0 Å². The number of nitrogens with zero attached hydrogens (tertiary/aromatic N) is 2. The lowest BCUT2D eigenvalue weighted by Gasteiger charge is -2.04. The van der Waals surface area contributed by atoms with E-state index in [9.17, 15) is 0 Å². The van der Waals surface area contributed by atoms with Crippen LogP contribution in [0, 0.1) is 0 Å². The molecule has 0 saturated carbocycles. The molecule has 0 radical (unpaired) electrons. The van der Waals surface area contributed by atoms with Crippen LogP contribution in [0.25, 0.3) is 0 Å². The first-order valence-corrected chi connectivity index (χ1v) is 5.52.